The van der Waals surface area contributed by atoms with Crippen LogP contribution in [-0.4, -0.2) is 16.2 Å². The zero-order valence-electron chi connectivity index (χ0n) is 8.51. The van der Waals surface area contributed by atoms with E-state index in [9.17, 15) is 14.9 Å². The predicted octanol–water partition coefficient (Wildman–Crippen LogP) is 3.06. The van der Waals surface area contributed by atoms with Crippen molar-refractivity contribution < 1.29 is 9.72 Å². The maximum absolute atomic E-state index is 10.9. The van der Waals surface area contributed by atoms with Crippen molar-refractivity contribution >= 4 is 23.6 Å². The van der Waals surface area contributed by atoms with Gasteiger partial charge in [-0.15, -0.1) is 0 Å². The molecule has 86 valence electrons. The first-order valence-electron chi connectivity index (χ1n) is 4.71. The third kappa shape index (κ3) is 1.92. The minimum atomic E-state index is -0.487. The van der Waals surface area contributed by atoms with Crippen molar-refractivity contribution in [1.29, 1.82) is 0 Å². The number of rotatable bonds is 3. The summed E-state index contributed by atoms with van der Waals surface area (Å²) in [5.41, 5.74) is 0.985. The van der Waals surface area contributed by atoms with E-state index in [1.165, 1.54) is 12.3 Å². The second-order valence-corrected chi connectivity index (χ2v) is 3.70. The largest absolute Gasteiger partial charge is 0.357 e. The van der Waals surface area contributed by atoms with E-state index in [-0.39, 0.29) is 16.4 Å². The number of para-hydroxylation sites is 1. The van der Waals surface area contributed by atoms with E-state index in [4.69, 9.17) is 11.6 Å². The van der Waals surface area contributed by atoms with Gasteiger partial charge < -0.3 is 4.98 Å². The minimum absolute atomic E-state index is 0.0501. The average molecular weight is 251 g/mol. The number of aromatic nitrogens is 1. The van der Waals surface area contributed by atoms with Crippen molar-refractivity contribution in [3.8, 4) is 11.1 Å². The van der Waals surface area contributed by atoms with Crippen LogP contribution in [0.5, 0.6) is 0 Å². The molecule has 0 aliphatic heterocycles. The normalized spacial score (nSPS) is 10.2. The SMILES string of the molecule is O=Cc1[nH]cc(-c2ccccc2[N+](=O)[O-])c1Cl. The van der Waals surface area contributed by atoms with Crippen LogP contribution in [0.25, 0.3) is 11.1 Å². The van der Waals surface area contributed by atoms with Gasteiger partial charge in [-0.05, 0) is 6.07 Å². The Kier molecular flexibility index (Phi) is 2.93. The van der Waals surface area contributed by atoms with Gasteiger partial charge in [0.25, 0.3) is 5.69 Å². The number of nitro benzene ring substituents is 1. The van der Waals surface area contributed by atoms with Crippen molar-refractivity contribution in [2.75, 3.05) is 0 Å². The number of carbonyl (C=O) groups excluding carboxylic acids is 1. The first-order chi connectivity index (χ1) is 8.15. The van der Waals surface area contributed by atoms with Gasteiger partial charge in [-0.2, -0.15) is 0 Å². The Bertz CT molecular complexity index is 592. The molecule has 5 nitrogen and oxygen atoms in total. The van der Waals surface area contributed by atoms with E-state index in [1.54, 1.807) is 18.2 Å². The van der Waals surface area contributed by atoms with Gasteiger partial charge in [0.2, 0.25) is 0 Å². The van der Waals surface area contributed by atoms with Crippen LogP contribution >= 0.6 is 11.6 Å². The number of benzene rings is 1. The van der Waals surface area contributed by atoms with Gasteiger partial charge in [-0.25, -0.2) is 0 Å². The molecule has 2 rings (SSSR count). The molecule has 1 heterocycles. The Morgan fingerprint density at radius 2 is 2.00 bits per heavy atom. The van der Waals surface area contributed by atoms with E-state index < -0.39 is 4.92 Å². The van der Waals surface area contributed by atoms with Gasteiger partial charge in [0, 0.05) is 17.8 Å². The number of aldehydes is 1. The highest BCUT2D eigenvalue weighted by atomic mass is 35.5. The van der Waals surface area contributed by atoms with Crippen molar-refractivity contribution in [2.24, 2.45) is 0 Å². The molecule has 0 amide bonds. The predicted molar refractivity (Wildman–Crippen MR) is 63.3 cm³/mol. The summed E-state index contributed by atoms with van der Waals surface area (Å²) in [7, 11) is 0. The molecule has 0 spiro atoms. The van der Waals surface area contributed by atoms with Crippen molar-refractivity contribution in [2.45, 2.75) is 0 Å². The van der Waals surface area contributed by atoms with E-state index in [2.05, 4.69) is 4.98 Å². The fourth-order valence-electron chi connectivity index (χ4n) is 1.56. The molecule has 2 aromatic rings. The third-order valence-corrected chi connectivity index (χ3v) is 2.76. The lowest BCUT2D eigenvalue weighted by Gasteiger charge is -2.00. The highest BCUT2D eigenvalue weighted by Crippen LogP contribution is 2.35. The number of aromatic amines is 1. The standard InChI is InChI=1S/C11H7ClN2O3/c12-11-8(5-13-9(11)6-15)7-3-1-2-4-10(7)14(16)17/h1-6,13H. The summed E-state index contributed by atoms with van der Waals surface area (Å²) in [5.74, 6) is 0. The van der Waals surface area contributed by atoms with Gasteiger partial charge in [-0.3, -0.25) is 14.9 Å². The Morgan fingerprint density at radius 1 is 1.29 bits per heavy atom. The van der Waals surface area contributed by atoms with Gasteiger partial charge in [0.15, 0.2) is 6.29 Å². The number of H-pyrrole nitrogens is 1. The lowest BCUT2D eigenvalue weighted by molar-refractivity contribution is -0.384. The van der Waals surface area contributed by atoms with Gasteiger partial charge >= 0.3 is 0 Å². The zero-order chi connectivity index (χ0) is 12.4. The smallest absolute Gasteiger partial charge is 0.277 e. The summed E-state index contributed by atoms with van der Waals surface area (Å²) in [4.78, 5) is 23.7. The Labute approximate surface area is 101 Å². The zero-order valence-corrected chi connectivity index (χ0v) is 9.27. The molecule has 0 atom stereocenters. The van der Waals surface area contributed by atoms with E-state index in [0.717, 1.165) is 0 Å². The number of halogens is 1. The molecular weight excluding hydrogens is 244 g/mol. The van der Waals surface area contributed by atoms with E-state index in [0.29, 0.717) is 17.4 Å². The van der Waals surface area contributed by atoms with Crippen LogP contribution in [0, 0.1) is 10.1 Å². The summed E-state index contributed by atoms with van der Waals surface area (Å²) in [6.07, 6.45) is 2.05. The number of hydrogen-bond donors (Lipinski definition) is 1. The number of nitrogens with zero attached hydrogens (tertiary/aromatic N) is 1. The molecule has 0 bridgehead atoms. The van der Waals surface area contributed by atoms with E-state index >= 15 is 0 Å². The van der Waals surface area contributed by atoms with Crippen molar-refractivity contribution in [3.63, 3.8) is 0 Å². The van der Waals surface area contributed by atoms with Crippen LogP contribution < -0.4 is 0 Å². The summed E-state index contributed by atoms with van der Waals surface area (Å²) in [6, 6.07) is 6.22. The number of carbonyl (C=O) groups is 1. The molecule has 0 fully saturated rings. The molecule has 0 radical (unpaired) electrons. The summed E-state index contributed by atoms with van der Waals surface area (Å²) in [6.45, 7) is 0. The fourth-order valence-corrected chi connectivity index (χ4v) is 1.82. The third-order valence-electron chi connectivity index (χ3n) is 2.35. The van der Waals surface area contributed by atoms with Crippen LogP contribution in [0.1, 0.15) is 10.5 Å². The molecule has 0 aliphatic rings. The van der Waals surface area contributed by atoms with E-state index in [1.807, 2.05) is 0 Å². The number of nitro groups is 1. The topological polar surface area (TPSA) is 76.0 Å². The second-order valence-electron chi connectivity index (χ2n) is 3.32. The molecule has 0 saturated carbocycles. The molecule has 1 aromatic heterocycles. The Hall–Kier alpha value is -2.14. The maximum atomic E-state index is 10.9. The number of hydrogen-bond acceptors (Lipinski definition) is 3. The molecule has 0 unspecified atom stereocenters. The summed E-state index contributed by atoms with van der Waals surface area (Å²) >= 11 is 5.95. The van der Waals surface area contributed by atoms with Crippen LogP contribution in [0.3, 0.4) is 0 Å². The highest BCUT2D eigenvalue weighted by Gasteiger charge is 2.18. The van der Waals surface area contributed by atoms with Crippen LogP contribution in [0.15, 0.2) is 30.5 Å². The number of nitrogens with one attached hydrogen (secondary N) is 1. The molecule has 0 saturated heterocycles. The molecule has 17 heavy (non-hydrogen) atoms. The molecule has 6 heteroatoms. The first kappa shape index (κ1) is 11.3. The van der Waals surface area contributed by atoms with Crippen LogP contribution in [0.2, 0.25) is 5.02 Å². The minimum Gasteiger partial charge on any atom is -0.357 e. The Morgan fingerprint density at radius 3 is 2.59 bits per heavy atom. The average Bonchev–Trinajstić information content (AvgIpc) is 2.70. The van der Waals surface area contributed by atoms with Gasteiger partial charge in [0.05, 0.1) is 21.2 Å². The van der Waals surface area contributed by atoms with Crippen LogP contribution in [-0.2, 0) is 0 Å². The van der Waals surface area contributed by atoms with Crippen molar-refractivity contribution in [1.82, 2.24) is 4.98 Å². The fraction of sp³-hybridized carbons (Fsp3) is 0. The van der Waals surface area contributed by atoms with Crippen LogP contribution in [0.4, 0.5) is 5.69 Å². The molecule has 0 aliphatic carbocycles. The molecule has 1 aromatic carbocycles. The Balaban J connectivity index is 2.64. The lowest BCUT2D eigenvalue weighted by Crippen LogP contribution is -1.91. The summed E-state index contributed by atoms with van der Waals surface area (Å²) < 4.78 is 0. The quantitative estimate of drug-likeness (QED) is 0.517. The lowest BCUT2D eigenvalue weighted by atomic mass is 10.1. The first-order valence-corrected chi connectivity index (χ1v) is 5.08. The van der Waals surface area contributed by atoms with Gasteiger partial charge in [-0.1, -0.05) is 23.7 Å². The maximum Gasteiger partial charge on any atom is 0.277 e. The molecular formula is C11H7ClN2O3. The van der Waals surface area contributed by atoms with Gasteiger partial charge in [0.1, 0.15) is 0 Å². The summed E-state index contributed by atoms with van der Waals surface area (Å²) in [5, 5.41) is 11.1. The van der Waals surface area contributed by atoms with Crippen molar-refractivity contribution in [3.05, 3.63) is 51.3 Å². The second kappa shape index (κ2) is 4.39. The molecule has 1 N–H and O–H groups in total. The monoisotopic (exact) mass is 250 g/mol. The highest BCUT2D eigenvalue weighted by molar-refractivity contribution is 6.35.